The molecule has 1 rings (SSSR count). The van der Waals surface area contributed by atoms with Gasteiger partial charge in [0.25, 0.3) is 5.91 Å². The SMILES string of the molecule is CCN(CCCNC(=O)c1ccc(F)cc1N)S(C)(=O)=O. The first-order chi connectivity index (χ1) is 9.75. The van der Waals surface area contributed by atoms with Crippen LogP contribution in [0.3, 0.4) is 0 Å². The maximum absolute atomic E-state index is 12.9. The van der Waals surface area contributed by atoms with E-state index in [9.17, 15) is 17.6 Å². The zero-order valence-corrected chi connectivity index (χ0v) is 12.9. The molecule has 6 nitrogen and oxygen atoms in total. The second-order valence-corrected chi connectivity index (χ2v) is 6.58. The zero-order chi connectivity index (χ0) is 16.0. The minimum Gasteiger partial charge on any atom is -0.398 e. The van der Waals surface area contributed by atoms with E-state index < -0.39 is 21.7 Å². The number of amides is 1. The number of carbonyl (C=O) groups is 1. The summed E-state index contributed by atoms with van der Waals surface area (Å²) in [6.45, 7) is 2.77. The van der Waals surface area contributed by atoms with E-state index in [4.69, 9.17) is 5.73 Å². The van der Waals surface area contributed by atoms with Gasteiger partial charge in [0.2, 0.25) is 10.0 Å². The average Bonchev–Trinajstić information content (AvgIpc) is 2.36. The highest BCUT2D eigenvalue weighted by Crippen LogP contribution is 2.13. The van der Waals surface area contributed by atoms with Crippen LogP contribution in [0.1, 0.15) is 23.7 Å². The van der Waals surface area contributed by atoms with Crippen LogP contribution < -0.4 is 11.1 Å². The molecule has 1 aromatic carbocycles. The van der Waals surface area contributed by atoms with Crippen molar-refractivity contribution in [3.05, 3.63) is 29.6 Å². The molecule has 0 unspecified atom stereocenters. The molecule has 0 aromatic heterocycles. The number of hydrogen-bond acceptors (Lipinski definition) is 4. The number of carbonyl (C=O) groups excluding carboxylic acids is 1. The van der Waals surface area contributed by atoms with Crippen molar-refractivity contribution in [3.8, 4) is 0 Å². The van der Waals surface area contributed by atoms with E-state index in [1.165, 1.54) is 10.4 Å². The Hall–Kier alpha value is -1.67. The Morgan fingerprint density at radius 1 is 1.43 bits per heavy atom. The highest BCUT2D eigenvalue weighted by atomic mass is 32.2. The summed E-state index contributed by atoms with van der Waals surface area (Å²) in [5.74, 6) is -0.911. The van der Waals surface area contributed by atoms with E-state index in [-0.39, 0.29) is 11.3 Å². The van der Waals surface area contributed by atoms with Gasteiger partial charge in [-0.1, -0.05) is 6.92 Å². The predicted molar refractivity (Wildman–Crippen MR) is 79.9 cm³/mol. The van der Waals surface area contributed by atoms with Gasteiger partial charge in [0, 0.05) is 25.3 Å². The Balaban J connectivity index is 2.47. The third-order valence-corrected chi connectivity index (χ3v) is 4.33. The molecule has 0 spiro atoms. The average molecular weight is 317 g/mol. The van der Waals surface area contributed by atoms with Crippen molar-refractivity contribution in [2.75, 3.05) is 31.6 Å². The summed E-state index contributed by atoms with van der Waals surface area (Å²) in [5, 5.41) is 2.63. The Morgan fingerprint density at radius 2 is 2.10 bits per heavy atom. The Morgan fingerprint density at radius 3 is 2.62 bits per heavy atom. The van der Waals surface area contributed by atoms with Crippen molar-refractivity contribution in [1.29, 1.82) is 0 Å². The van der Waals surface area contributed by atoms with Crippen LogP contribution in [0.5, 0.6) is 0 Å². The molecule has 1 aromatic rings. The summed E-state index contributed by atoms with van der Waals surface area (Å²) < 4.78 is 37.0. The smallest absolute Gasteiger partial charge is 0.253 e. The number of sulfonamides is 1. The maximum atomic E-state index is 12.9. The Kier molecular flexibility index (Phi) is 6.10. The standard InChI is InChI=1S/C13H20FN3O3S/c1-3-17(21(2,19)20)8-4-7-16-13(18)11-6-5-10(14)9-12(11)15/h5-6,9H,3-4,7-8,15H2,1-2H3,(H,16,18). The van der Waals surface area contributed by atoms with E-state index in [0.717, 1.165) is 18.4 Å². The molecule has 0 bridgehead atoms. The lowest BCUT2D eigenvalue weighted by molar-refractivity contribution is 0.0953. The van der Waals surface area contributed by atoms with Crippen LogP contribution in [-0.2, 0) is 10.0 Å². The van der Waals surface area contributed by atoms with Gasteiger partial charge < -0.3 is 11.1 Å². The fraction of sp³-hybridized carbons (Fsp3) is 0.462. The second kappa shape index (κ2) is 7.37. The molecule has 118 valence electrons. The molecule has 0 heterocycles. The molecule has 0 aliphatic carbocycles. The molecule has 0 aliphatic rings. The molecule has 0 aliphatic heterocycles. The first-order valence-corrected chi connectivity index (χ1v) is 8.39. The van der Waals surface area contributed by atoms with Crippen molar-refractivity contribution >= 4 is 21.6 Å². The zero-order valence-electron chi connectivity index (χ0n) is 12.1. The van der Waals surface area contributed by atoms with Crippen molar-refractivity contribution in [2.45, 2.75) is 13.3 Å². The van der Waals surface area contributed by atoms with Crippen LogP contribution in [-0.4, -0.2) is 44.5 Å². The molecular weight excluding hydrogens is 297 g/mol. The molecular formula is C13H20FN3O3S. The van der Waals surface area contributed by atoms with E-state index in [0.29, 0.717) is 26.1 Å². The van der Waals surface area contributed by atoms with Crippen LogP contribution in [0.4, 0.5) is 10.1 Å². The van der Waals surface area contributed by atoms with Gasteiger partial charge in [-0.05, 0) is 24.6 Å². The van der Waals surface area contributed by atoms with Crippen LogP contribution in [0, 0.1) is 5.82 Å². The molecule has 0 saturated heterocycles. The van der Waals surface area contributed by atoms with Gasteiger partial charge in [0.15, 0.2) is 0 Å². The van der Waals surface area contributed by atoms with Crippen molar-refractivity contribution in [1.82, 2.24) is 9.62 Å². The van der Waals surface area contributed by atoms with Crippen molar-refractivity contribution < 1.29 is 17.6 Å². The number of hydrogen-bond donors (Lipinski definition) is 2. The summed E-state index contributed by atoms with van der Waals surface area (Å²) in [6.07, 6.45) is 1.63. The van der Waals surface area contributed by atoms with Gasteiger partial charge >= 0.3 is 0 Å². The fourth-order valence-electron chi connectivity index (χ4n) is 1.85. The van der Waals surface area contributed by atoms with Gasteiger partial charge in [-0.3, -0.25) is 4.79 Å². The number of nitrogens with two attached hydrogens (primary N) is 1. The van der Waals surface area contributed by atoms with Gasteiger partial charge in [-0.2, -0.15) is 0 Å². The van der Waals surface area contributed by atoms with Crippen molar-refractivity contribution in [3.63, 3.8) is 0 Å². The van der Waals surface area contributed by atoms with Crippen LogP contribution >= 0.6 is 0 Å². The van der Waals surface area contributed by atoms with Crippen LogP contribution in [0.15, 0.2) is 18.2 Å². The number of halogens is 1. The first kappa shape index (κ1) is 17.4. The minimum absolute atomic E-state index is 0.0684. The molecule has 0 atom stereocenters. The number of rotatable bonds is 7. The minimum atomic E-state index is -3.22. The number of nitrogens with one attached hydrogen (secondary N) is 1. The number of nitrogen functional groups attached to an aromatic ring is 1. The molecule has 0 radical (unpaired) electrons. The van der Waals surface area contributed by atoms with E-state index in [2.05, 4.69) is 5.32 Å². The molecule has 3 N–H and O–H groups in total. The maximum Gasteiger partial charge on any atom is 0.253 e. The lowest BCUT2D eigenvalue weighted by Crippen LogP contribution is -2.33. The van der Waals surface area contributed by atoms with Gasteiger partial charge in [-0.15, -0.1) is 0 Å². The van der Waals surface area contributed by atoms with Crippen LogP contribution in [0.2, 0.25) is 0 Å². The van der Waals surface area contributed by atoms with E-state index >= 15 is 0 Å². The highest BCUT2D eigenvalue weighted by molar-refractivity contribution is 7.88. The molecule has 21 heavy (non-hydrogen) atoms. The highest BCUT2D eigenvalue weighted by Gasteiger charge is 2.14. The second-order valence-electron chi connectivity index (χ2n) is 4.60. The predicted octanol–water partition coefficient (Wildman–Crippen LogP) is 0.809. The molecule has 0 fully saturated rings. The molecule has 8 heteroatoms. The summed E-state index contributed by atoms with van der Waals surface area (Å²) >= 11 is 0. The Bertz CT molecular complexity index is 605. The topological polar surface area (TPSA) is 92.5 Å². The van der Waals surface area contributed by atoms with E-state index in [1.54, 1.807) is 6.92 Å². The first-order valence-electron chi connectivity index (χ1n) is 6.54. The normalized spacial score (nSPS) is 11.6. The van der Waals surface area contributed by atoms with Gasteiger partial charge in [-0.25, -0.2) is 17.1 Å². The molecule has 1 amide bonds. The van der Waals surface area contributed by atoms with Crippen LogP contribution in [0.25, 0.3) is 0 Å². The fourth-order valence-corrected chi connectivity index (χ4v) is 2.78. The largest absolute Gasteiger partial charge is 0.398 e. The number of anilines is 1. The monoisotopic (exact) mass is 317 g/mol. The number of benzene rings is 1. The lowest BCUT2D eigenvalue weighted by atomic mass is 10.1. The third kappa shape index (κ3) is 5.31. The number of nitrogens with zero attached hydrogens (tertiary/aromatic N) is 1. The summed E-state index contributed by atoms with van der Waals surface area (Å²) in [5.41, 5.74) is 5.83. The quantitative estimate of drug-likeness (QED) is 0.575. The summed E-state index contributed by atoms with van der Waals surface area (Å²) in [6, 6.07) is 3.56. The summed E-state index contributed by atoms with van der Waals surface area (Å²) in [4.78, 5) is 11.8. The van der Waals surface area contributed by atoms with Gasteiger partial charge in [0.1, 0.15) is 5.82 Å². The summed E-state index contributed by atoms with van der Waals surface area (Å²) in [7, 11) is -3.22. The van der Waals surface area contributed by atoms with E-state index in [1.807, 2.05) is 0 Å². The third-order valence-electron chi connectivity index (χ3n) is 2.95. The van der Waals surface area contributed by atoms with Gasteiger partial charge in [0.05, 0.1) is 11.8 Å². The lowest BCUT2D eigenvalue weighted by Gasteiger charge is -2.17. The van der Waals surface area contributed by atoms with Crippen molar-refractivity contribution in [2.24, 2.45) is 0 Å². The Labute approximate surface area is 124 Å². The molecule has 0 saturated carbocycles.